The molecule has 0 spiro atoms. The van der Waals surface area contributed by atoms with Gasteiger partial charge in [-0.15, -0.1) is 0 Å². The maximum absolute atomic E-state index is 13.0. The number of hydrogen-bond acceptors (Lipinski definition) is 6. The zero-order valence-electron chi connectivity index (χ0n) is 15.8. The molecule has 2 aliphatic rings. The second-order valence-corrected chi connectivity index (χ2v) is 8.34. The Labute approximate surface area is 173 Å². The SMILES string of the molecule is COc1ccc(/C=C2\SC(=S)N(C[C@H]3CCCO3)C2=O)c2c(OC)cccc12. The fraction of sp³-hybridized carbons (Fsp3) is 0.333. The van der Waals surface area contributed by atoms with Crippen molar-refractivity contribution in [3.05, 3.63) is 40.8 Å². The molecule has 2 fully saturated rings. The fourth-order valence-electron chi connectivity index (χ4n) is 3.63. The summed E-state index contributed by atoms with van der Waals surface area (Å²) in [6.07, 6.45) is 3.96. The number of rotatable bonds is 5. The molecule has 2 saturated heterocycles. The molecule has 146 valence electrons. The van der Waals surface area contributed by atoms with Gasteiger partial charge in [0.25, 0.3) is 5.91 Å². The highest BCUT2D eigenvalue weighted by molar-refractivity contribution is 8.26. The van der Waals surface area contributed by atoms with E-state index in [4.69, 9.17) is 26.4 Å². The maximum atomic E-state index is 13.0. The van der Waals surface area contributed by atoms with Gasteiger partial charge in [0.05, 0.1) is 31.8 Å². The number of carbonyl (C=O) groups is 1. The molecule has 2 aromatic rings. The van der Waals surface area contributed by atoms with Gasteiger partial charge in [-0.2, -0.15) is 0 Å². The first-order valence-electron chi connectivity index (χ1n) is 9.13. The van der Waals surface area contributed by atoms with Crippen LogP contribution in [-0.4, -0.2) is 48.6 Å². The van der Waals surface area contributed by atoms with Crippen LogP contribution in [-0.2, 0) is 9.53 Å². The zero-order valence-corrected chi connectivity index (χ0v) is 17.4. The van der Waals surface area contributed by atoms with Crippen molar-refractivity contribution in [3.8, 4) is 11.5 Å². The number of ether oxygens (including phenoxy) is 3. The van der Waals surface area contributed by atoms with Crippen LogP contribution in [0.3, 0.4) is 0 Å². The third kappa shape index (κ3) is 3.50. The molecule has 2 aliphatic heterocycles. The average Bonchev–Trinajstić information content (AvgIpc) is 3.32. The predicted molar refractivity (Wildman–Crippen MR) is 116 cm³/mol. The van der Waals surface area contributed by atoms with E-state index in [1.165, 1.54) is 11.8 Å². The third-order valence-electron chi connectivity index (χ3n) is 5.00. The first-order chi connectivity index (χ1) is 13.6. The van der Waals surface area contributed by atoms with Crippen molar-refractivity contribution < 1.29 is 19.0 Å². The molecule has 5 nitrogen and oxygen atoms in total. The van der Waals surface area contributed by atoms with E-state index in [0.717, 1.165) is 47.3 Å². The topological polar surface area (TPSA) is 48.0 Å². The van der Waals surface area contributed by atoms with Crippen molar-refractivity contribution in [3.63, 3.8) is 0 Å². The summed E-state index contributed by atoms with van der Waals surface area (Å²) in [6.45, 7) is 1.28. The van der Waals surface area contributed by atoms with Gasteiger partial charge in [0.2, 0.25) is 0 Å². The van der Waals surface area contributed by atoms with E-state index in [1.807, 2.05) is 36.4 Å². The van der Waals surface area contributed by atoms with Crippen molar-refractivity contribution in [2.75, 3.05) is 27.4 Å². The van der Waals surface area contributed by atoms with Gasteiger partial charge in [-0.1, -0.05) is 42.2 Å². The lowest BCUT2D eigenvalue weighted by Gasteiger charge is -2.18. The van der Waals surface area contributed by atoms with Crippen LogP contribution in [0.5, 0.6) is 11.5 Å². The van der Waals surface area contributed by atoms with E-state index in [9.17, 15) is 4.79 Å². The van der Waals surface area contributed by atoms with Crippen molar-refractivity contribution in [1.29, 1.82) is 0 Å². The number of benzene rings is 2. The van der Waals surface area contributed by atoms with E-state index in [2.05, 4.69) is 0 Å². The Bertz CT molecular complexity index is 966. The Morgan fingerprint density at radius 3 is 2.79 bits per heavy atom. The summed E-state index contributed by atoms with van der Waals surface area (Å²) >= 11 is 6.79. The average molecular weight is 416 g/mol. The molecule has 2 heterocycles. The lowest BCUT2D eigenvalue weighted by molar-refractivity contribution is -0.123. The highest BCUT2D eigenvalue weighted by atomic mass is 32.2. The molecule has 0 saturated carbocycles. The Morgan fingerprint density at radius 2 is 2.07 bits per heavy atom. The van der Waals surface area contributed by atoms with Crippen molar-refractivity contribution in [2.24, 2.45) is 0 Å². The molecule has 0 radical (unpaired) electrons. The first-order valence-corrected chi connectivity index (χ1v) is 10.4. The second-order valence-electron chi connectivity index (χ2n) is 6.67. The van der Waals surface area contributed by atoms with Gasteiger partial charge < -0.3 is 14.2 Å². The Balaban J connectivity index is 1.72. The van der Waals surface area contributed by atoms with E-state index in [1.54, 1.807) is 19.1 Å². The van der Waals surface area contributed by atoms with E-state index in [0.29, 0.717) is 15.8 Å². The molecule has 0 N–H and O–H groups in total. The molecule has 1 amide bonds. The van der Waals surface area contributed by atoms with Crippen molar-refractivity contribution in [1.82, 2.24) is 4.90 Å². The quantitative estimate of drug-likeness (QED) is 0.538. The summed E-state index contributed by atoms with van der Waals surface area (Å²) in [6, 6.07) is 9.66. The van der Waals surface area contributed by atoms with Crippen LogP contribution in [0.2, 0.25) is 0 Å². The molecule has 4 rings (SSSR count). The third-order valence-corrected chi connectivity index (χ3v) is 6.38. The van der Waals surface area contributed by atoms with Gasteiger partial charge in [0.1, 0.15) is 15.8 Å². The predicted octanol–water partition coefficient (Wildman–Crippen LogP) is 4.24. The molecular formula is C21H21NO4S2. The van der Waals surface area contributed by atoms with Crippen LogP contribution in [0, 0.1) is 0 Å². The van der Waals surface area contributed by atoms with Gasteiger partial charge in [0, 0.05) is 17.4 Å². The number of amides is 1. The summed E-state index contributed by atoms with van der Waals surface area (Å²) in [5.74, 6) is 1.43. The van der Waals surface area contributed by atoms with Crippen molar-refractivity contribution >= 4 is 51.1 Å². The number of methoxy groups -OCH3 is 2. The van der Waals surface area contributed by atoms with Crippen molar-refractivity contribution in [2.45, 2.75) is 18.9 Å². The summed E-state index contributed by atoms with van der Waals surface area (Å²) < 4.78 is 17.3. The molecule has 7 heteroatoms. The minimum Gasteiger partial charge on any atom is -0.496 e. The highest BCUT2D eigenvalue weighted by Gasteiger charge is 2.34. The van der Waals surface area contributed by atoms with Crippen LogP contribution in [0.25, 0.3) is 16.8 Å². The number of hydrogen-bond donors (Lipinski definition) is 0. The lowest BCUT2D eigenvalue weighted by atomic mass is 10.0. The van der Waals surface area contributed by atoms with E-state index in [-0.39, 0.29) is 12.0 Å². The Kier molecular flexibility index (Phi) is 5.57. The fourth-order valence-corrected chi connectivity index (χ4v) is 4.90. The second kappa shape index (κ2) is 8.11. The van der Waals surface area contributed by atoms with Crippen LogP contribution < -0.4 is 9.47 Å². The van der Waals surface area contributed by atoms with Crippen LogP contribution >= 0.6 is 24.0 Å². The maximum Gasteiger partial charge on any atom is 0.266 e. The summed E-state index contributed by atoms with van der Waals surface area (Å²) in [5.41, 5.74) is 0.894. The van der Waals surface area contributed by atoms with E-state index >= 15 is 0 Å². The van der Waals surface area contributed by atoms with Crippen LogP contribution in [0.15, 0.2) is 35.2 Å². The summed E-state index contributed by atoms with van der Waals surface area (Å²) in [5, 5.41) is 1.85. The van der Waals surface area contributed by atoms with Gasteiger partial charge in [-0.25, -0.2) is 0 Å². The molecule has 1 atom stereocenters. The van der Waals surface area contributed by atoms with Gasteiger partial charge in [0.15, 0.2) is 0 Å². The molecule has 0 aromatic heterocycles. The largest absolute Gasteiger partial charge is 0.496 e. The monoisotopic (exact) mass is 415 g/mol. The zero-order chi connectivity index (χ0) is 19.7. The lowest BCUT2D eigenvalue weighted by Crippen LogP contribution is -2.35. The molecule has 0 unspecified atom stereocenters. The van der Waals surface area contributed by atoms with E-state index < -0.39 is 0 Å². The number of carbonyl (C=O) groups excluding carboxylic acids is 1. The molecule has 28 heavy (non-hydrogen) atoms. The number of thiocarbonyl (C=S) groups is 1. The molecule has 0 aliphatic carbocycles. The molecule has 0 bridgehead atoms. The normalized spacial score (nSPS) is 21.1. The Hall–Kier alpha value is -2.09. The minimum atomic E-state index is -0.0654. The highest BCUT2D eigenvalue weighted by Crippen LogP contribution is 2.39. The standard InChI is InChI=1S/C21H21NO4S2/c1-24-16-9-8-13(19-15(16)6-3-7-17(19)25-2)11-18-20(23)22(21(27)28-18)12-14-5-4-10-26-14/h3,6-9,11,14H,4-5,10,12H2,1-2H3/b18-11-/t14-/m1/s1. The molecule has 2 aromatic carbocycles. The first kappa shape index (κ1) is 19.2. The minimum absolute atomic E-state index is 0.0654. The number of nitrogens with zero attached hydrogens (tertiary/aromatic N) is 1. The summed E-state index contributed by atoms with van der Waals surface area (Å²) in [4.78, 5) is 15.2. The van der Waals surface area contributed by atoms with Gasteiger partial charge in [-0.3, -0.25) is 9.69 Å². The van der Waals surface area contributed by atoms with Gasteiger partial charge >= 0.3 is 0 Å². The molecular weight excluding hydrogens is 394 g/mol. The number of thioether (sulfide) groups is 1. The number of fused-ring (bicyclic) bond motifs is 1. The van der Waals surface area contributed by atoms with Crippen LogP contribution in [0.1, 0.15) is 18.4 Å². The Morgan fingerprint density at radius 1 is 1.25 bits per heavy atom. The van der Waals surface area contributed by atoms with Gasteiger partial charge in [-0.05, 0) is 36.6 Å². The van der Waals surface area contributed by atoms with Crippen LogP contribution in [0.4, 0.5) is 0 Å². The summed E-state index contributed by atoms with van der Waals surface area (Å²) in [7, 11) is 3.28. The smallest absolute Gasteiger partial charge is 0.266 e.